The molecule has 1 aromatic carbocycles. The molecule has 5 heteroatoms. The van der Waals surface area contributed by atoms with Crippen molar-refractivity contribution >= 4 is 6.29 Å². The minimum absolute atomic E-state index is 0.370. The zero-order chi connectivity index (χ0) is 16.2. The van der Waals surface area contributed by atoms with E-state index in [0.717, 1.165) is 12.0 Å². The van der Waals surface area contributed by atoms with Crippen LogP contribution in [0.1, 0.15) is 29.9 Å². The number of nitrogens with zero attached hydrogens (tertiary/aromatic N) is 3. The summed E-state index contributed by atoms with van der Waals surface area (Å²) in [5.41, 5.74) is 3.26. The Labute approximate surface area is 134 Å². The molecule has 23 heavy (non-hydrogen) atoms. The third kappa shape index (κ3) is 3.51. The summed E-state index contributed by atoms with van der Waals surface area (Å²) < 4.78 is 5.28. The van der Waals surface area contributed by atoms with E-state index >= 15 is 0 Å². The quantitative estimate of drug-likeness (QED) is 0.670. The summed E-state index contributed by atoms with van der Waals surface area (Å²) in [6.07, 6.45) is 3.29. The van der Waals surface area contributed by atoms with Crippen LogP contribution >= 0.6 is 0 Å². The van der Waals surface area contributed by atoms with E-state index in [1.807, 2.05) is 12.1 Å². The molecule has 0 aliphatic rings. The fourth-order valence-corrected chi connectivity index (χ4v) is 2.32. The second-order valence-corrected chi connectivity index (χ2v) is 5.81. The van der Waals surface area contributed by atoms with Gasteiger partial charge < -0.3 is 4.52 Å². The molecule has 0 N–H and O–H groups in total. The summed E-state index contributed by atoms with van der Waals surface area (Å²) in [5.74, 6) is 1.55. The predicted octanol–water partition coefficient (Wildman–Crippen LogP) is 3.81. The van der Waals surface area contributed by atoms with Gasteiger partial charge in [-0.1, -0.05) is 43.3 Å². The molecule has 0 fully saturated rings. The van der Waals surface area contributed by atoms with Crippen LogP contribution in [0.15, 0.2) is 47.1 Å². The molecule has 0 saturated heterocycles. The van der Waals surface area contributed by atoms with Gasteiger partial charge in [0.1, 0.15) is 5.69 Å². The van der Waals surface area contributed by atoms with Gasteiger partial charge in [0.2, 0.25) is 5.82 Å². The van der Waals surface area contributed by atoms with Crippen molar-refractivity contribution in [1.29, 1.82) is 0 Å². The van der Waals surface area contributed by atoms with Gasteiger partial charge in [-0.3, -0.25) is 9.78 Å². The van der Waals surface area contributed by atoms with Gasteiger partial charge in [-0.05, 0) is 30.0 Å². The Kier molecular flexibility index (Phi) is 4.28. The third-order valence-corrected chi connectivity index (χ3v) is 3.44. The number of aldehydes is 1. The molecule has 0 radical (unpaired) electrons. The molecular weight excluding hydrogens is 290 g/mol. The Morgan fingerprint density at radius 1 is 1.09 bits per heavy atom. The van der Waals surface area contributed by atoms with Gasteiger partial charge in [-0.15, -0.1) is 0 Å². The van der Waals surface area contributed by atoms with Gasteiger partial charge in [0, 0.05) is 11.8 Å². The molecule has 0 aliphatic carbocycles. The van der Waals surface area contributed by atoms with E-state index in [0.29, 0.717) is 35.2 Å². The first-order valence-corrected chi connectivity index (χ1v) is 7.50. The van der Waals surface area contributed by atoms with Crippen molar-refractivity contribution in [3.63, 3.8) is 0 Å². The highest BCUT2D eigenvalue weighted by atomic mass is 16.5. The van der Waals surface area contributed by atoms with E-state index in [2.05, 4.69) is 41.1 Å². The van der Waals surface area contributed by atoms with Crippen LogP contribution in [0.4, 0.5) is 0 Å². The first-order valence-electron chi connectivity index (χ1n) is 7.50. The number of benzene rings is 1. The average molecular weight is 307 g/mol. The minimum atomic E-state index is 0.370. The highest BCUT2D eigenvalue weighted by molar-refractivity contribution is 5.72. The second-order valence-electron chi connectivity index (χ2n) is 5.81. The zero-order valence-corrected chi connectivity index (χ0v) is 13.1. The lowest BCUT2D eigenvalue weighted by Gasteiger charge is -2.04. The lowest BCUT2D eigenvalue weighted by atomic mass is 10.0. The number of carbonyl (C=O) groups is 1. The fraction of sp³-hybridized carbons (Fsp3) is 0.222. The van der Waals surface area contributed by atoms with Crippen molar-refractivity contribution in [2.45, 2.75) is 20.3 Å². The summed E-state index contributed by atoms with van der Waals surface area (Å²) in [6, 6.07) is 11.5. The Morgan fingerprint density at radius 2 is 1.83 bits per heavy atom. The van der Waals surface area contributed by atoms with E-state index < -0.39 is 0 Å². The maximum absolute atomic E-state index is 10.6. The topological polar surface area (TPSA) is 68.9 Å². The summed E-state index contributed by atoms with van der Waals surface area (Å²) >= 11 is 0. The first kappa shape index (κ1) is 15.1. The molecular formula is C18H17N3O2. The normalized spacial score (nSPS) is 10.9. The Balaban J connectivity index is 1.81. The van der Waals surface area contributed by atoms with E-state index in [-0.39, 0.29) is 0 Å². The highest BCUT2D eigenvalue weighted by Gasteiger charge is 2.11. The maximum atomic E-state index is 10.6. The molecule has 116 valence electrons. The number of carbonyl (C=O) groups excluding carboxylic acids is 1. The van der Waals surface area contributed by atoms with Crippen LogP contribution in [-0.2, 0) is 6.42 Å². The van der Waals surface area contributed by atoms with E-state index in [4.69, 9.17) is 4.52 Å². The molecule has 3 rings (SSSR count). The highest BCUT2D eigenvalue weighted by Crippen LogP contribution is 2.22. The standard InChI is InChI=1S/C18H17N3O2/c1-12(2)9-13-3-5-14(6-4-13)17-20-18(23-21-17)15-7-8-16(11-22)19-10-15/h3-8,10-12H,9H2,1-2H3. The largest absolute Gasteiger partial charge is 0.334 e. The molecule has 0 bridgehead atoms. The van der Waals surface area contributed by atoms with Crippen molar-refractivity contribution in [3.8, 4) is 22.8 Å². The van der Waals surface area contributed by atoms with E-state index in [9.17, 15) is 4.79 Å². The van der Waals surface area contributed by atoms with Crippen LogP contribution in [0.25, 0.3) is 22.8 Å². The van der Waals surface area contributed by atoms with Gasteiger partial charge in [-0.25, -0.2) is 0 Å². The van der Waals surface area contributed by atoms with Crippen LogP contribution in [-0.4, -0.2) is 21.4 Å². The Bertz CT molecular complexity index is 790. The smallest absolute Gasteiger partial charge is 0.259 e. The van der Waals surface area contributed by atoms with Crippen molar-refractivity contribution < 1.29 is 9.32 Å². The second kappa shape index (κ2) is 6.52. The number of hydrogen-bond donors (Lipinski definition) is 0. The molecule has 2 aromatic heterocycles. The summed E-state index contributed by atoms with van der Waals surface area (Å²) in [4.78, 5) is 19.0. The summed E-state index contributed by atoms with van der Waals surface area (Å²) in [5, 5.41) is 4.01. The monoisotopic (exact) mass is 307 g/mol. The minimum Gasteiger partial charge on any atom is -0.334 e. The number of aromatic nitrogens is 3. The molecule has 3 aromatic rings. The molecule has 0 atom stereocenters. The van der Waals surface area contributed by atoms with Crippen LogP contribution in [0.3, 0.4) is 0 Å². The lowest BCUT2D eigenvalue weighted by Crippen LogP contribution is -1.93. The summed E-state index contributed by atoms with van der Waals surface area (Å²) in [7, 11) is 0. The van der Waals surface area contributed by atoms with Gasteiger partial charge >= 0.3 is 0 Å². The van der Waals surface area contributed by atoms with Gasteiger partial charge in [-0.2, -0.15) is 4.98 Å². The van der Waals surface area contributed by atoms with Gasteiger partial charge in [0.15, 0.2) is 6.29 Å². The number of pyridine rings is 1. The Morgan fingerprint density at radius 3 is 2.43 bits per heavy atom. The molecule has 0 unspecified atom stereocenters. The van der Waals surface area contributed by atoms with Crippen molar-refractivity contribution in [1.82, 2.24) is 15.1 Å². The van der Waals surface area contributed by atoms with Gasteiger partial charge in [0.25, 0.3) is 5.89 Å². The number of hydrogen-bond acceptors (Lipinski definition) is 5. The lowest BCUT2D eigenvalue weighted by molar-refractivity contribution is 0.111. The van der Waals surface area contributed by atoms with Crippen molar-refractivity contribution in [2.75, 3.05) is 0 Å². The van der Waals surface area contributed by atoms with Gasteiger partial charge in [0.05, 0.1) is 5.56 Å². The maximum Gasteiger partial charge on any atom is 0.259 e. The molecule has 0 aliphatic heterocycles. The van der Waals surface area contributed by atoms with Crippen molar-refractivity contribution in [2.24, 2.45) is 5.92 Å². The predicted molar refractivity (Wildman–Crippen MR) is 86.9 cm³/mol. The van der Waals surface area contributed by atoms with Crippen molar-refractivity contribution in [3.05, 3.63) is 53.9 Å². The third-order valence-electron chi connectivity index (χ3n) is 3.44. The van der Waals surface area contributed by atoms with E-state index in [1.54, 1.807) is 18.3 Å². The van der Waals surface area contributed by atoms with Crippen LogP contribution in [0.2, 0.25) is 0 Å². The SMILES string of the molecule is CC(C)Cc1ccc(-c2noc(-c3ccc(C=O)nc3)n2)cc1. The number of rotatable bonds is 5. The fourth-order valence-electron chi connectivity index (χ4n) is 2.32. The zero-order valence-electron chi connectivity index (χ0n) is 13.1. The van der Waals surface area contributed by atoms with Crippen LogP contribution in [0, 0.1) is 5.92 Å². The molecule has 0 saturated carbocycles. The van der Waals surface area contributed by atoms with Crippen LogP contribution in [0.5, 0.6) is 0 Å². The van der Waals surface area contributed by atoms with Crippen LogP contribution < -0.4 is 0 Å². The Hall–Kier alpha value is -2.82. The summed E-state index contributed by atoms with van der Waals surface area (Å²) in [6.45, 7) is 4.40. The first-order chi connectivity index (χ1) is 11.2. The molecule has 2 heterocycles. The average Bonchev–Trinajstić information content (AvgIpc) is 3.05. The molecule has 0 spiro atoms. The van der Waals surface area contributed by atoms with E-state index in [1.165, 1.54) is 5.56 Å². The molecule has 5 nitrogen and oxygen atoms in total. The molecule has 0 amide bonds.